The Balaban J connectivity index is 2.04. The van der Waals surface area contributed by atoms with Gasteiger partial charge in [0.2, 0.25) is 0 Å². The standard InChI is InChI=1S/C16H16F3NO2S/c1-3-4-11-9-14(23-10(11)2)15(21)20-12-5-7-13(8-6-12)22-16(17,18)19/h5-9H,3-4H2,1-2H3,(H,20,21). The monoisotopic (exact) mass is 343 g/mol. The molecule has 124 valence electrons. The molecule has 0 atom stereocenters. The highest BCUT2D eigenvalue weighted by Crippen LogP contribution is 2.26. The molecule has 3 nitrogen and oxygen atoms in total. The Bertz CT molecular complexity index is 678. The maximum Gasteiger partial charge on any atom is 0.573 e. The van der Waals surface area contributed by atoms with E-state index in [0.717, 1.165) is 35.4 Å². The molecule has 0 unspecified atom stereocenters. The topological polar surface area (TPSA) is 38.3 Å². The van der Waals surface area contributed by atoms with E-state index in [2.05, 4.69) is 17.0 Å². The van der Waals surface area contributed by atoms with Gasteiger partial charge in [0.15, 0.2) is 0 Å². The van der Waals surface area contributed by atoms with Crippen molar-refractivity contribution in [1.29, 1.82) is 0 Å². The Morgan fingerprint density at radius 1 is 1.26 bits per heavy atom. The fraction of sp³-hybridized carbons (Fsp3) is 0.312. The van der Waals surface area contributed by atoms with Crippen LogP contribution in [0.5, 0.6) is 5.75 Å². The second-order valence-electron chi connectivity index (χ2n) is 4.97. The van der Waals surface area contributed by atoms with Crippen LogP contribution in [0.3, 0.4) is 0 Å². The summed E-state index contributed by atoms with van der Waals surface area (Å²) >= 11 is 1.41. The smallest absolute Gasteiger partial charge is 0.406 e. The summed E-state index contributed by atoms with van der Waals surface area (Å²) in [5, 5.41) is 2.67. The first-order valence-corrected chi connectivity index (χ1v) is 7.86. The summed E-state index contributed by atoms with van der Waals surface area (Å²) in [6, 6.07) is 6.91. The van der Waals surface area contributed by atoms with Crippen LogP contribution in [0.2, 0.25) is 0 Å². The first-order chi connectivity index (χ1) is 10.8. The molecule has 0 aliphatic carbocycles. The zero-order chi connectivity index (χ0) is 17.0. The first-order valence-electron chi connectivity index (χ1n) is 7.05. The Labute approximate surface area is 136 Å². The molecule has 23 heavy (non-hydrogen) atoms. The highest BCUT2D eigenvalue weighted by molar-refractivity contribution is 7.14. The minimum Gasteiger partial charge on any atom is -0.406 e. The zero-order valence-corrected chi connectivity index (χ0v) is 13.5. The van der Waals surface area contributed by atoms with Gasteiger partial charge in [-0.15, -0.1) is 24.5 Å². The van der Waals surface area contributed by atoms with Crippen LogP contribution in [0.4, 0.5) is 18.9 Å². The van der Waals surface area contributed by atoms with Gasteiger partial charge in [0.1, 0.15) is 5.75 Å². The molecule has 0 saturated heterocycles. The van der Waals surface area contributed by atoms with Gasteiger partial charge in [-0.1, -0.05) is 13.3 Å². The van der Waals surface area contributed by atoms with E-state index in [1.807, 2.05) is 13.0 Å². The van der Waals surface area contributed by atoms with Crippen molar-refractivity contribution in [2.45, 2.75) is 33.1 Å². The number of hydrogen-bond acceptors (Lipinski definition) is 3. The van der Waals surface area contributed by atoms with Crippen molar-refractivity contribution in [2.24, 2.45) is 0 Å². The molecule has 7 heteroatoms. The lowest BCUT2D eigenvalue weighted by molar-refractivity contribution is -0.274. The van der Waals surface area contributed by atoms with Gasteiger partial charge in [0, 0.05) is 10.6 Å². The second-order valence-corrected chi connectivity index (χ2v) is 6.22. The summed E-state index contributed by atoms with van der Waals surface area (Å²) in [6.07, 6.45) is -2.81. The molecule has 2 rings (SSSR count). The van der Waals surface area contributed by atoms with E-state index in [1.54, 1.807) is 0 Å². The average Bonchev–Trinajstić information content (AvgIpc) is 2.81. The molecule has 0 saturated carbocycles. The van der Waals surface area contributed by atoms with Crippen molar-refractivity contribution in [2.75, 3.05) is 5.32 Å². The lowest BCUT2D eigenvalue weighted by atomic mass is 10.1. The van der Waals surface area contributed by atoms with Crippen molar-refractivity contribution in [3.63, 3.8) is 0 Å². The number of halogens is 3. The van der Waals surface area contributed by atoms with Crippen LogP contribution in [0.25, 0.3) is 0 Å². The van der Waals surface area contributed by atoms with Gasteiger partial charge in [0.25, 0.3) is 5.91 Å². The first kappa shape index (κ1) is 17.3. The van der Waals surface area contributed by atoms with Crippen LogP contribution in [0, 0.1) is 6.92 Å². The third-order valence-corrected chi connectivity index (χ3v) is 4.20. The number of carbonyl (C=O) groups excluding carboxylic acids is 1. The molecule has 1 aromatic heterocycles. The molecule has 1 heterocycles. The van der Waals surface area contributed by atoms with Gasteiger partial charge < -0.3 is 10.1 Å². The SMILES string of the molecule is CCCc1cc(C(=O)Nc2ccc(OC(F)(F)F)cc2)sc1C. The van der Waals surface area contributed by atoms with Gasteiger partial charge >= 0.3 is 6.36 Å². The van der Waals surface area contributed by atoms with Crippen molar-refractivity contribution >= 4 is 22.9 Å². The number of alkyl halides is 3. The molecule has 0 radical (unpaired) electrons. The summed E-state index contributed by atoms with van der Waals surface area (Å²) < 4.78 is 40.0. The fourth-order valence-corrected chi connectivity index (χ4v) is 3.05. The summed E-state index contributed by atoms with van der Waals surface area (Å²) in [5.41, 5.74) is 1.56. The molecule has 0 aliphatic rings. The number of aryl methyl sites for hydroxylation is 2. The minimum absolute atomic E-state index is 0.273. The third kappa shape index (κ3) is 4.99. The fourth-order valence-electron chi connectivity index (χ4n) is 2.08. The van der Waals surface area contributed by atoms with E-state index in [1.165, 1.54) is 23.5 Å². The Kier molecular flexibility index (Phi) is 5.30. The average molecular weight is 343 g/mol. The molecule has 0 aliphatic heterocycles. The van der Waals surface area contributed by atoms with E-state index in [4.69, 9.17) is 0 Å². The summed E-state index contributed by atoms with van der Waals surface area (Å²) in [4.78, 5) is 13.9. The number of nitrogens with one attached hydrogen (secondary N) is 1. The molecule has 1 amide bonds. The number of amides is 1. The third-order valence-electron chi connectivity index (χ3n) is 3.11. The van der Waals surface area contributed by atoms with E-state index < -0.39 is 6.36 Å². The predicted molar refractivity (Wildman–Crippen MR) is 84.1 cm³/mol. The van der Waals surface area contributed by atoms with E-state index in [9.17, 15) is 18.0 Å². The summed E-state index contributed by atoms with van der Waals surface area (Å²) in [7, 11) is 0. The van der Waals surface area contributed by atoms with Crippen molar-refractivity contribution in [1.82, 2.24) is 0 Å². The van der Waals surface area contributed by atoms with E-state index >= 15 is 0 Å². The number of ether oxygens (including phenoxy) is 1. The van der Waals surface area contributed by atoms with Gasteiger partial charge in [0.05, 0.1) is 4.88 Å². The van der Waals surface area contributed by atoms with Crippen LogP contribution in [0.1, 0.15) is 33.5 Å². The zero-order valence-electron chi connectivity index (χ0n) is 12.7. The largest absolute Gasteiger partial charge is 0.573 e. The Morgan fingerprint density at radius 2 is 1.91 bits per heavy atom. The van der Waals surface area contributed by atoms with Crippen LogP contribution < -0.4 is 10.1 Å². The molecular formula is C16H16F3NO2S. The van der Waals surface area contributed by atoms with Gasteiger partial charge in [-0.05, 0) is 49.2 Å². The molecule has 0 spiro atoms. The van der Waals surface area contributed by atoms with Crippen molar-refractivity contribution in [3.8, 4) is 5.75 Å². The quantitative estimate of drug-likeness (QED) is 0.814. The number of carbonyl (C=O) groups is 1. The summed E-state index contributed by atoms with van der Waals surface area (Å²) in [5.74, 6) is -0.599. The normalized spacial score (nSPS) is 11.3. The maximum absolute atomic E-state index is 12.2. The molecule has 0 bridgehead atoms. The summed E-state index contributed by atoms with van der Waals surface area (Å²) in [6.45, 7) is 4.04. The molecule has 1 N–H and O–H groups in total. The van der Waals surface area contributed by atoms with Gasteiger partial charge in [-0.25, -0.2) is 0 Å². The maximum atomic E-state index is 12.2. The van der Waals surface area contributed by atoms with Gasteiger partial charge in [-0.2, -0.15) is 0 Å². The number of thiophene rings is 1. The van der Waals surface area contributed by atoms with Gasteiger partial charge in [-0.3, -0.25) is 4.79 Å². The van der Waals surface area contributed by atoms with Crippen LogP contribution in [-0.4, -0.2) is 12.3 Å². The lowest BCUT2D eigenvalue weighted by Gasteiger charge is -2.09. The van der Waals surface area contributed by atoms with Crippen LogP contribution in [-0.2, 0) is 6.42 Å². The van der Waals surface area contributed by atoms with Crippen LogP contribution >= 0.6 is 11.3 Å². The number of anilines is 1. The van der Waals surface area contributed by atoms with Crippen molar-refractivity contribution < 1.29 is 22.7 Å². The minimum atomic E-state index is -4.73. The number of rotatable bonds is 5. The van der Waals surface area contributed by atoms with Crippen LogP contribution in [0.15, 0.2) is 30.3 Å². The van der Waals surface area contributed by atoms with E-state index in [-0.39, 0.29) is 11.7 Å². The molecule has 2 aromatic rings. The number of hydrogen-bond donors (Lipinski definition) is 1. The molecule has 1 aromatic carbocycles. The molecule has 0 fully saturated rings. The number of benzene rings is 1. The van der Waals surface area contributed by atoms with Crippen molar-refractivity contribution in [3.05, 3.63) is 45.6 Å². The highest BCUT2D eigenvalue weighted by atomic mass is 32.1. The Morgan fingerprint density at radius 3 is 2.48 bits per heavy atom. The van der Waals surface area contributed by atoms with E-state index in [0.29, 0.717) is 10.6 Å². The Hall–Kier alpha value is -2.02. The highest BCUT2D eigenvalue weighted by Gasteiger charge is 2.30. The lowest BCUT2D eigenvalue weighted by Crippen LogP contribution is -2.17. The predicted octanol–water partition coefficient (Wildman–Crippen LogP) is 5.16. The second kappa shape index (κ2) is 7.04. The molecular weight excluding hydrogens is 327 g/mol.